The quantitative estimate of drug-likeness (QED) is 0.532. The van der Waals surface area contributed by atoms with Crippen LogP contribution >= 0.6 is 0 Å². The molecule has 0 aromatic heterocycles. The van der Waals surface area contributed by atoms with Crippen LogP contribution in [0, 0.1) is 0 Å². The molecular formula is C10H10N2O. The molecule has 13 heavy (non-hydrogen) atoms. The number of hydrogen-bond donors (Lipinski definition) is 3. The smallest absolute Gasteiger partial charge is 0.125 e. The first-order valence-electron chi connectivity index (χ1n) is 3.96. The van der Waals surface area contributed by atoms with Gasteiger partial charge < -0.3 is 16.6 Å². The lowest BCUT2D eigenvalue weighted by Crippen LogP contribution is -1.91. The van der Waals surface area contributed by atoms with Crippen molar-refractivity contribution in [3.05, 3.63) is 30.3 Å². The van der Waals surface area contributed by atoms with Crippen LogP contribution in [-0.2, 0) is 0 Å². The zero-order valence-electron chi connectivity index (χ0n) is 6.99. The zero-order valence-corrected chi connectivity index (χ0v) is 6.99. The highest BCUT2D eigenvalue weighted by Crippen LogP contribution is 2.32. The summed E-state index contributed by atoms with van der Waals surface area (Å²) in [5, 5.41) is 11.0. The standard InChI is InChI=1S/C10H10N2O/c11-7-4-5-8(12)10-6(7)2-1-3-9(10)13/h1-5,13H,11-12H2. The van der Waals surface area contributed by atoms with Gasteiger partial charge in [0.25, 0.3) is 0 Å². The number of aromatic hydroxyl groups is 1. The van der Waals surface area contributed by atoms with Gasteiger partial charge in [-0.25, -0.2) is 0 Å². The van der Waals surface area contributed by atoms with E-state index in [4.69, 9.17) is 11.5 Å². The van der Waals surface area contributed by atoms with Crippen LogP contribution in [0.4, 0.5) is 11.4 Å². The highest BCUT2D eigenvalue weighted by molar-refractivity contribution is 6.03. The number of phenolic OH excluding ortho intramolecular Hbond substituents is 1. The van der Waals surface area contributed by atoms with Crippen LogP contribution in [-0.4, -0.2) is 5.11 Å². The second kappa shape index (κ2) is 2.55. The summed E-state index contributed by atoms with van der Waals surface area (Å²) in [4.78, 5) is 0. The van der Waals surface area contributed by atoms with Crippen molar-refractivity contribution in [3.8, 4) is 5.75 Å². The highest BCUT2D eigenvalue weighted by atomic mass is 16.3. The number of rotatable bonds is 0. The molecule has 0 fully saturated rings. The fourth-order valence-electron chi connectivity index (χ4n) is 1.44. The third kappa shape index (κ3) is 1.05. The van der Waals surface area contributed by atoms with Gasteiger partial charge in [0, 0.05) is 22.1 Å². The molecule has 0 radical (unpaired) electrons. The third-order valence-corrected chi connectivity index (χ3v) is 2.08. The van der Waals surface area contributed by atoms with Crippen LogP contribution in [0.15, 0.2) is 30.3 Å². The molecule has 0 spiro atoms. The Hall–Kier alpha value is -1.90. The van der Waals surface area contributed by atoms with Gasteiger partial charge in [0.1, 0.15) is 5.75 Å². The first kappa shape index (κ1) is 7.73. The maximum atomic E-state index is 9.54. The summed E-state index contributed by atoms with van der Waals surface area (Å²) < 4.78 is 0. The van der Waals surface area contributed by atoms with E-state index < -0.39 is 0 Å². The number of hydrogen-bond acceptors (Lipinski definition) is 3. The number of nitrogen functional groups attached to an aromatic ring is 2. The number of phenols is 1. The lowest BCUT2D eigenvalue weighted by atomic mass is 10.1. The maximum Gasteiger partial charge on any atom is 0.125 e. The van der Waals surface area contributed by atoms with Gasteiger partial charge in [-0.2, -0.15) is 0 Å². The van der Waals surface area contributed by atoms with Crippen LogP contribution < -0.4 is 11.5 Å². The molecule has 66 valence electrons. The van der Waals surface area contributed by atoms with Crippen molar-refractivity contribution in [1.29, 1.82) is 0 Å². The van der Waals surface area contributed by atoms with Crippen molar-refractivity contribution in [2.24, 2.45) is 0 Å². The molecule has 0 atom stereocenters. The summed E-state index contributed by atoms with van der Waals surface area (Å²) in [7, 11) is 0. The van der Waals surface area contributed by atoms with Gasteiger partial charge >= 0.3 is 0 Å². The molecule has 0 heterocycles. The Bertz CT molecular complexity index is 457. The Morgan fingerprint density at radius 2 is 1.62 bits per heavy atom. The number of anilines is 2. The molecule has 2 rings (SSSR count). The second-order valence-corrected chi connectivity index (χ2v) is 2.94. The van der Waals surface area contributed by atoms with E-state index in [-0.39, 0.29) is 5.75 Å². The molecule has 0 aliphatic carbocycles. The summed E-state index contributed by atoms with van der Waals surface area (Å²) in [6.07, 6.45) is 0. The fraction of sp³-hybridized carbons (Fsp3) is 0. The number of benzene rings is 2. The molecule has 0 aliphatic heterocycles. The van der Waals surface area contributed by atoms with Crippen molar-refractivity contribution in [2.75, 3.05) is 11.5 Å². The van der Waals surface area contributed by atoms with E-state index in [1.165, 1.54) is 0 Å². The van der Waals surface area contributed by atoms with E-state index >= 15 is 0 Å². The van der Waals surface area contributed by atoms with Gasteiger partial charge in [0.2, 0.25) is 0 Å². The summed E-state index contributed by atoms with van der Waals surface area (Å²) in [6, 6.07) is 8.60. The monoisotopic (exact) mass is 174 g/mol. The molecule has 0 amide bonds. The molecule has 0 aliphatic rings. The lowest BCUT2D eigenvalue weighted by Gasteiger charge is -2.06. The minimum absolute atomic E-state index is 0.169. The van der Waals surface area contributed by atoms with E-state index in [1.54, 1.807) is 24.3 Å². The van der Waals surface area contributed by atoms with Crippen LogP contribution in [0.2, 0.25) is 0 Å². The Balaban J connectivity index is 3.00. The Morgan fingerprint density at radius 3 is 2.31 bits per heavy atom. The van der Waals surface area contributed by atoms with E-state index in [0.717, 1.165) is 5.39 Å². The normalized spacial score (nSPS) is 10.5. The van der Waals surface area contributed by atoms with Gasteiger partial charge in [0.15, 0.2) is 0 Å². The predicted octanol–water partition coefficient (Wildman–Crippen LogP) is 1.71. The molecule has 2 aromatic rings. The average molecular weight is 174 g/mol. The molecule has 0 unspecified atom stereocenters. The van der Waals surface area contributed by atoms with Crippen molar-refractivity contribution < 1.29 is 5.11 Å². The summed E-state index contributed by atoms with van der Waals surface area (Å²) >= 11 is 0. The predicted molar refractivity (Wildman–Crippen MR) is 54.4 cm³/mol. The lowest BCUT2D eigenvalue weighted by molar-refractivity contribution is 0.482. The summed E-state index contributed by atoms with van der Waals surface area (Å²) in [5.74, 6) is 0.169. The van der Waals surface area contributed by atoms with Crippen molar-refractivity contribution in [3.63, 3.8) is 0 Å². The topological polar surface area (TPSA) is 72.3 Å². The SMILES string of the molecule is Nc1ccc(N)c2c(O)cccc12. The average Bonchev–Trinajstić information content (AvgIpc) is 2.12. The molecule has 0 saturated heterocycles. The van der Waals surface area contributed by atoms with Crippen LogP contribution in [0.3, 0.4) is 0 Å². The molecule has 3 heteroatoms. The Labute approximate surface area is 75.6 Å². The Morgan fingerprint density at radius 1 is 0.923 bits per heavy atom. The first-order chi connectivity index (χ1) is 6.20. The van der Waals surface area contributed by atoms with Gasteiger partial charge in [-0.05, 0) is 18.2 Å². The summed E-state index contributed by atoms with van der Waals surface area (Å²) in [5.41, 5.74) is 12.6. The molecule has 0 bridgehead atoms. The molecule has 5 N–H and O–H groups in total. The number of fused-ring (bicyclic) bond motifs is 1. The second-order valence-electron chi connectivity index (χ2n) is 2.94. The number of nitrogens with two attached hydrogens (primary N) is 2. The largest absolute Gasteiger partial charge is 0.507 e. The molecule has 0 saturated carbocycles. The maximum absolute atomic E-state index is 9.54. The van der Waals surface area contributed by atoms with E-state index in [1.807, 2.05) is 6.07 Å². The van der Waals surface area contributed by atoms with E-state index in [2.05, 4.69) is 0 Å². The van der Waals surface area contributed by atoms with Crippen molar-refractivity contribution >= 4 is 22.1 Å². The van der Waals surface area contributed by atoms with Gasteiger partial charge in [0.05, 0.1) is 0 Å². The van der Waals surface area contributed by atoms with Gasteiger partial charge in [-0.15, -0.1) is 0 Å². The first-order valence-corrected chi connectivity index (χ1v) is 3.96. The molecular weight excluding hydrogens is 164 g/mol. The van der Waals surface area contributed by atoms with Gasteiger partial charge in [-0.1, -0.05) is 12.1 Å². The van der Waals surface area contributed by atoms with Crippen molar-refractivity contribution in [1.82, 2.24) is 0 Å². The van der Waals surface area contributed by atoms with Crippen LogP contribution in [0.1, 0.15) is 0 Å². The van der Waals surface area contributed by atoms with Crippen molar-refractivity contribution in [2.45, 2.75) is 0 Å². The van der Waals surface area contributed by atoms with Crippen LogP contribution in [0.25, 0.3) is 10.8 Å². The zero-order chi connectivity index (χ0) is 9.42. The third-order valence-electron chi connectivity index (χ3n) is 2.08. The Kier molecular flexibility index (Phi) is 1.52. The molecule has 2 aromatic carbocycles. The minimum atomic E-state index is 0.169. The molecule has 3 nitrogen and oxygen atoms in total. The van der Waals surface area contributed by atoms with E-state index in [9.17, 15) is 5.11 Å². The minimum Gasteiger partial charge on any atom is -0.507 e. The summed E-state index contributed by atoms with van der Waals surface area (Å²) in [6.45, 7) is 0. The van der Waals surface area contributed by atoms with Gasteiger partial charge in [-0.3, -0.25) is 0 Å². The highest BCUT2D eigenvalue weighted by Gasteiger charge is 2.04. The fourth-order valence-corrected chi connectivity index (χ4v) is 1.44. The van der Waals surface area contributed by atoms with E-state index in [0.29, 0.717) is 16.8 Å². The van der Waals surface area contributed by atoms with Crippen LogP contribution in [0.5, 0.6) is 5.75 Å².